The molecule has 0 bridgehead atoms. The van der Waals surface area contributed by atoms with Crippen LogP contribution in [0.25, 0.3) is 0 Å². The zero-order valence-corrected chi connectivity index (χ0v) is 13.5. The minimum absolute atomic E-state index is 0.0282. The number of thiol groups is 1. The van der Waals surface area contributed by atoms with Crippen LogP contribution in [0.4, 0.5) is 0 Å². The molecule has 0 N–H and O–H groups in total. The molecule has 0 radical (unpaired) electrons. The molecule has 1 atom stereocenters. The molecular formula is C17H28OS. The van der Waals surface area contributed by atoms with E-state index in [0.29, 0.717) is 0 Å². The molecule has 2 heteroatoms. The van der Waals surface area contributed by atoms with Crippen molar-refractivity contribution in [2.45, 2.75) is 64.2 Å². The average molecular weight is 280 g/mol. The van der Waals surface area contributed by atoms with Gasteiger partial charge in [-0.2, -0.15) is 12.6 Å². The largest absolute Gasteiger partial charge is 0.377 e. The van der Waals surface area contributed by atoms with Crippen LogP contribution in [0.3, 0.4) is 0 Å². The van der Waals surface area contributed by atoms with E-state index in [4.69, 9.17) is 17.4 Å². The maximum absolute atomic E-state index is 5.70. The van der Waals surface area contributed by atoms with Crippen LogP contribution in [-0.2, 0) is 16.1 Å². The molecule has 1 aromatic rings. The van der Waals surface area contributed by atoms with Gasteiger partial charge in [-0.05, 0) is 30.9 Å². The summed E-state index contributed by atoms with van der Waals surface area (Å²) in [6.45, 7) is 8.16. The molecule has 1 nitrogen and oxygen atoms in total. The molecule has 1 aromatic carbocycles. The Balaban J connectivity index is 2.32. The van der Waals surface area contributed by atoms with Crippen LogP contribution in [-0.4, -0.2) is 6.61 Å². The zero-order valence-electron chi connectivity index (χ0n) is 12.6. The number of unbranched alkanes of at least 4 members (excludes halogenated alkanes) is 3. The van der Waals surface area contributed by atoms with E-state index in [2.05, 4.69) is 45.0 Å². The molecule has 0 spiro atoms. The van der Waals surface area contributed by atoms with Gasteiger partial charge in [-0.3, -0.25) is 0 Å². The predicted octanol–water partition coefficient (Wildman–Crippen LogP) is 5.34. The number of benzene rings is 1. The summed E-state index contributed by atoms with van der Waals surface area (Å²) in [5.74, 6) is 0. The minimum Gasteiger partial charge on any atom is -0.377 e. The normalized spacial score (nSPS) is 14.3. The maximum atomic E-state index is 5.70. The molecular weight excluding hydrogens is 252 g/mol. The van der Waals surface area contributed by atoms with Crippen LogP contribution in [0.5, 0.6) is 0 Å². The van der Waals surface area contributed by atoms with E-state index in [9.17, 15) is 0 Å². The van der Waals surface area contributed by atoms with Crippen molar-refractivity contribution in [3.63, 3.8) is 0 Å². The van der Waals surface area contributed by atoms with Crippen molar-refractivity contribution in [1.29, 1.82) is 0 Å². The summed E-state index contributed by atoms with van der Waals surface area (Å²) in [6.07, 6.45) is 6.08. The van der Waals surface area contributed by atoms with Gasteiger partial charge in [0.15, 0.2) is 0 Å². The summed E-state index contributed by atoms with van der Waals surface area (Å²) in [4.78, 5) is 0. The average Bonchev–Trinajstić information content (AvgIpc) is 2.43. The first-order chi connectivity index (χ1) is 9.10. The fourth-order valence-electron chi connectivity index (χ4n) is 1.99. The van der Waals surface area contributed by atoms with Gasteiger partial charge in [0.1, 0.15) is 0 Å². The molecule has 0 fully saturated rings. The lowest BCUT2D eigenvalue weighted by atomic mass is 9.96. The zero-order chi connectivity index (χ0) is 14.1. The van der Waals surface area contributed by atoms with Gasteiger partial charge in [0.2, 0.25) is 0 Å². The molecule has 0 saturated carbocycles. The summed E-state index contributed by atoms with van der Waals surface area (Å²) < 4.78 is 5.67. The van der Waals surface area contributed by atoms with E-state index >= 15 is 0 Å². The van der Waals surface area contributed by atoms with Gasteiger partial charge in [-0.25, -0.2) is 0 Å². The maximum Gasteiger partial charge on any atom is 0.0716 e. The van der Waals surface area contributed by atoms with E-state index in [1.54, 1.807) is 0 Å². The molecule has 1 rings (SSSR count). The second-order valence-electron chi connectivity index (χ2n) is 5.44. The summed E-state index contributed by atoms with van der Waals surface area (Å²) in [6, 6.07) is 8.66. The van der Waals surface area contributed by atoms with Crippen molar-refractivity contribution in [3.8, 4) is 0 Å². The van der Waals surface area contributed by atoms with Gasteiger partial charge in [-0.1, -0.05) is 57.4 Å². The number of rotatable bonds is 9. The van der Waals surface area contributed by atoms with Crippen LogP contribution in [0.1, 0.15) is 64.0 Å². The van der Waals surface area contributed by atoms with E-state index < -0.39 is 0 Å². The van der Waals surface area contributed by atoms with Gasteiger partial charge in [0.05, 0.1) is 6.61 Å². The SMILES string of the molecule is CCCCCCOCc1ccc(C(C)(S)CC)cc1. The fourth-order valence-corrected chi connectivity index (χ4v) is 2.13. The Hall–Kier alpha value is -0.470. The van der Waals surface area contributed by atoms with Crippen LogP contribution < -0.4 is 0 Å². The monoisotopic (exact) mass is 280 g/mol. The molecule has 0 heterocycles. The van der Waals surface area contributed by atoms with Crippen molar-refractivity contribution in [2.75, 3.05) is 6.61 Å². The van der Waals surface area contributed by atoms with Crippen molar-refractivity contribution in [2.24, 2.45) is 0 Å². The first-order valence-corrected chi connectivity index (χ1v) is 7.94. The quantitative estimate of drug-likeness (QED) is 0.474. The van der Waals surface area contributed by atoms with Crippen LogP contribution in [0.2, 0.25) is 0 Å². The lowest BCUT2D eigenvalue weighted by molar-refractivity contribution is 0.117. The first kappa shape index (κ1) is 16.6. The second-order valence-corrected chi connectivity index (χ2v) is 6.42. The molecule has 0 aliphatic heterocycles. The van der Waals surface area contributed by atoms with E-state index in [1.165, 1.54) is 36.8 Å². The molecule has 0 amide bonds. The highest BCUT2D eigenvalue weighted by molar-refractivity contribution is 7.81. The number of hydrogen-bond donors (Lipinski definition) is 1. The van der Waals surface area contributed by atoms with E-state index in [1.807, 2.05) is 0 Å². The van der Waals surface area contributed by atoms with E-state index in [0.717, 1.165) is 19.6 Å². The van der Waals surface area contributed by atoms with Gasteiger partial charge >= 0.3 is 0 Å². The first-order valence-electron chi connectivity index (χ1n) is 7.49. The van der Waals surface area contributed by atoms with Gasteiger partial charge < -0.3 is 4.74 Å². The molecule has 0 aromatic heterocycles. The lowest BCUT2D eigenvalue weighted by Gasteiger charge is -2.22. The highest BCUT2D eigenvalue weighted by Crippen LogP contribution is 2.31. The Kier molecular flexibility index (Phi) is 7.55. The van der Waals surface area contributed by atoms with Gasteiger partial charge in [-0.15, -0.1) is 0 Å². The third kappa shape index (κ3) is 6.01. The number of hydrogen-bond acceptors (Lipinski definition) is 2. The molecule has 0 aliphatic rings. The smallest absolute Gasteiger partial charge is 0.0716 e. The Morgan fingerprint density at radius 3 is 2.32 bits per heavy atom. The van der Waals surface area contributed by atoms with Crippen LogP contribution in [0, 0.1) is 0 Å². The van der Waals surface area contributed by atoms with Gasteiger partial charge in [0.25, 0.3) is 0 Å². The summed E-state index contributed by atoms with van der Waals surface area (Å²) >= 11 is 4.70. The summed E-state index contributed by atoms with van der Waals surface area (Å²) in [5, 5.41) is 0. The predicted molar refractivity (Wildman–Crippen MR) is 86.9 cm³/mol. The van der Waals surface area contributed by atoms with Gasteiger partial charge in [0, 0.05) is 11.4 Å². The highest BCUT2D eigenvalue weighted by atomic mass is 32.1. The summed E-state index contributed by atoms with van der Waals surface area (Å²) in [5.41, 5.74) is 2.53. The lowest BCUT2D eigenvalue weighted by Crippen LogP contribution is -2.11. The molecule has 0 aliphatic carbocycles. The topological polar surface area (TPSA) is 9.23 Å². The molecule has 1 unspecified atom stereocenters. The van der Waals surface area contributed by atoms with Crippen molar-refractivity contribution in [1.82, 2.24) is 0 Å². The Morgan fingerprint density at radius 2 is 1.74 bits per heavy atom. The highest BCUT2D eigenvalue weighted by Gasteiger charge is 2.18. The molecule has 0 saturated heterocycles. The van der Waals surface area contributed by atoms with Crippen molar-refractivity contribution in [3.05, 3.63) is 35.4 Å². The van der Waals surface area contributed by atoms with Crippen LogP contribution >= 0.6 is 12.6 Å². The Bertz CT molecular complexity index is 343. The van der Waals surface area contributed by atoms with E-state index in [-0.39, 0.29) is 4.75 Å². The second kappa shape index (κ2) is 8.65. The van der Waals surface area contributed by atoms with Crippen molar-refractivity contribution < 1.29 is 4.74 Å². The summed E-state index contributed by atoms with van der Waals surface area (Å²) in [7, 11) is 0. The van der Waals surface area contributed by atoms with Crippen LogP contribution in [0.15, 0.2) is 24.3 Å². The Labute approximate surface area is 124 Å². The Morgan fingerprint density at radius 1 is 1.05 bits per heavy atom. The van der Waals surface area contributed by atoms with Crippen molar-refractivity contribution >= 4 is 12.6 Å². The third-order valence-corrected chi connectivity index (χ3v) is 4.25. The third-order valence-electron chi connectivity index (χ3n) is 3.68. The molecule has 108 valence electrons. The number of ether oxygens (including phenoxy) is 1. The minimum atomic E-state index is -0.0282. The molecule has 19 heavy (non-hydrogen) atoms. The standard InChI is InChI=1S/C17H28OS/c1-4-6-7-8-13-18-14-15-9-11-16(12-10-15)17(3,19)5-2/h9-12,19H,4-8,13-14H2,1-3H3. The fraction of sp³-hybridized carbons (Fsp3) is 0.647.